The molecular weight excluding hydrogens is 465 g/mol. The number of fused-ring (bicyclic) bond motifs is 1. The summed E-state index contributed by atoms with van der Waals surface area (Å²) in [5.41, 5.74) is 0.613. The topological polar surface area (TPSA) is 109 Å². The van der Waals surface area contributed by atoms with Crippen molar-refractivity contribution in [1.82, 2.24) is 9.97 Å². The number of halogens is 2. The molecule has 3 heterocycles. The minimum atomic E-state index is -1.15. The van der Waals surface area contributed by atoms with E-state index in [0.29, 0.717) is 23.4 Å². The number of ether oxygens (including phenoxy) is 1. The molecule has 1 aliphatic rings. The van der Waals surface area contributed by atoms with Crippen LogP contribution in [0.15, 0.2) is 64.8 Å². The average Bonchev–Trinajstić information content (AvgIpc) is 3.53. The summed E-state index contributed by atoms with van der Waals surface area (Å²) in [5, 5.41) is 11.4. The van der Waals surface area contributed by atoms with E-state index in [2.05, 4.69) is 9.97 Å². The number of hydrogen-bond acceptors (Lipinski definition) is 6. The number of hydrogen-bond donors (Lipinski definition) is 2. The van der Waals surface area contributed by atoms with E-state index in [1.807, 2.05) is 0 Å². The van der Waals surface area contributed by atoms with Crippen molar-refractivity contribution in [1.29, 1.82) is 0 Å². The van der Waals surface area contributed by atoms with Gasteiger partial charge in [0.05, 0.1) is 34.5 Å². The number of amides is 1. The van der Waals surface area contributed by atoms with Crippen molar-refractivity contribution < 1.29 is 28.2 Å². The third kappa shape index (κ3) is 3.50. The number of aromatic nitrogens is 2. The molecule has 10 heteroatoms. The second kappa shape index (κ2) is 8.35. The number of rotatable bonds is 5. The first-order chi connectivity index (χ1) is 16.4. The van der Waals surface area contributed by atoms with Gasteiger partial charge in [-0.25, -0.2) is 9.37 Å². The molecule has 2 aromatic carbocycles. The van der Waals surface area contributed by atoms with Crippen LogP contribution in [0.5, 0.6) is 5.75 Å². The molecule has 0 aliphatic carbocycles. The number of imidazole rings is 1. The van der Waals surface area contributed by atoms with Gasteiger partial charge in [-0.15, -0.1) is 0 Å². The number of furan rings is 1. The van der Waals surface area contributed by atoms with Crippen LogP contribution >= 0.6 is 11.6 Å². The van der Waals surface area contributed by atoms with Crippen molar-refractivity contribution in [3.63, 3.8) is 0 Å². The normalized spacial score (nSPS) is 17.6. The maximum atomic E-state index is 13.7. The summed E-state index contributed by atoms with van der Waals surface area (Å²) in [4.78, 5) is 34.6. The number of Topliss-reactive ketones (excluding diaryl/α,β-unsaturated/α-hetero) is 1. The molecule has 172 valence electrons. The highest BCUT2D eigenvalue weighted by atomic mass is 35.5. The number of aliphatic hydroxyl groups is 1. The second-order valence-electron chi connectivity index (χ2n) is 7.48. The molecular formula is C24H17ClFN3O5. The van der Waals surface area contributed by atoms with Crippen LogP contribution in [0.4, 0.5) is 10.3 Å². The van der Waals surface area contributed by atoms with Gasteiger partial charge >= 0.3 is 5.91 Å². The van der Waals surface area contributed by atoms with Crippen molar-refractivity contribution in [3.05, 3.63) is 82.5 Å². The van der Waals surface area contributed by atoms with Crippen LogP contribution in [0.2, 0.25) is 5.02 Å². The maximum Gasteiger partial charge on any atom is 0.302 e. The van der Waals surface area contributed by atoms with E-state index in [9.17, 15) is 19.1 Å². The SMILES string of the molecule is CCOc1ccc(Cl)c(/C(O)=C2\C(=O)C(=O)N(c3nc4ccc(F)cc4[nH]3)C2c2ccco2)c1. The Balaban J connectivity index is 1.71. The first-order valence-corrected chi connectivity index (χ1v) is 10.7. The van der Waals surface area contributed by atoms with Gasteiger partial charge in [0.2, 0.25) is 5.95 Å². The third-order valence-electron chi connectivity index (χ3n) is 5.42. The molecule has 1 aliphatic heterocycles. The fraction of sp³-hybridized carbons (Fsp3) is 0.125. The van der Waals surface area contributed by atoms with Crippen LogP contribution < -0.4 is 9.64 Å². The van der Waals surface area contributed by atoms with Gasteiger partial charge < -0.3 is 19.2 Å². The summed E-state index contributed by atoms with van der Waals surface area (Å²) in [6, 6.07) is 10.5. The zero-order valence-electron chi connectivity index (χ0n) is 17.7. The Bertz CT molecular complexity index is 1460. The largest absolute Gasteiger partial charge is 0.507 e. The predicted octanol–water partition coefficient (Wildman–Crippen LogP) is 4.97. The Kier molecular flexibility index (Phi) is 5.33. The molecule has 0 spiro atoms. The summed E-state index contributed by atoms with van der Waals surface area (Å²) in [5.74, 6) is -2.24. The van der Waals surface area contributed by atoms with Gasteiger partial charge in [-0.05, 0) is 55.5 Å². The lowest BCUT2D eigenvalue weighted by molar-refractivity contribution is -0.132. The number of aliphatic hydroxyl groups excluding tert-OH is 1. The molecule has 2 aromatic heterocycles. The average molecular weight is 482 g/mol. The number of carbonyl (C=O) groups is 2. The number of nitrogens with one attached hydrogen (secondary N) is 1. The Hall–Kier alpha value is -4.11. The fourth-order valence-electron chi connectivity index (χ4n) is 3.94. The molecule has 5 rings (SSSR count). The molecule has 1 atom stereocenters. The molecule has 34 heavy (non-hydrogen) atoms. The Morgan fingerprint density at radius 2 is 2.09 bits per heavy atom. The zero-order chi connectivity index (χ0) is 24.0. The van der Waals surface area contributed by atoms with E-state index in [1.54, 1.807) is 25.1 Å². The van der Waals surface area contributed by atoms with Crippen LogP contribution in [-0.2, 0) is 9.59 Å². The number of H-pyrrole nitrogens is 1. The zero-order valence-corrected chi connectivity index (χ0v) is 18.5. The van der Waals surface area contributed by atoms with Crippen molar-refractivity contribution in [2.75, 3.05) is 11.5 Å². The number of carbonyl (C=O) groups excluding carboxylic acids is 2. The summed E-state index contributed by atoms with van der Waals surface area (Å²) < 4.78 is 24.7. The Labute approximate surface area is 197 Å². The van der Waals surface area contributed by atoms with Crippen molar-refractivity contribution >= 4 is 46.0 Å². The van der Waals surface area contributed by atoms with E-state index in [1.165, 1.54) is 36.6 Å². The number of benzene rings is 2. The minimum Gasteiger partial charge on any atom is -0.507 e. The highest BCUT2D eigenvalue weighted by Gasteiger charge is 2.49. The molecule has 1 amide bonds. The van der Waals surface area contributed by atoms with Gasteiger partial charge in [-0.1, -0.05) is 11.6 Å². The van der Waals surface area contributed by atoms with Crippen LogP contribution in [0.25, 0.3) is 16.8 Å². The first-order valence-electron chi connectivity index (χ1n) is 10.3. The summed E-state index contributed by atoms with van der Waals surface area (Å²) in [7, 11) is 0. The Morgan fingerprint density at radius 3 is 2.82 bits per heavy atom. The molecule has 4 aromatic rings. The monoisotopic (exact) mass is 481 g/mol. The standard InChI is InChI=1S/C24H17ClFN3O5/c1-2-33-13-6-7-15(25)14(11-13)21(30)19-20(18-4-3-9-34-18)29(23(32)22(19)31)24-27-16-8-5-12(26)10-17(16)28-24/h3-11,20,30H,2H2,1H3,(H,27,28)/b21-19+. The summed E-state index contributed by atoms with van der Waals surface area (Å²) in [6.45, 7) is 2.18. The highest BCUT2D eigenvalue weighted by Crippen LogP contribution is 2.43. The number of nitrogens with zero attached hydrogens (tertiary/aromatic N) is 2. The lowest BCUT2D eigenvalue weighted by Crippen LogP contribution is -2.30. The molecule has 8 nitrogen and oxygen atoms in total. The van der Waals surface area contributed by atoms with E-state index < -0.39 is 29.3 Å². The maximum absolute atomic E-state index is 13.7. The molecule has 2 N–H and O–H groups in total. The Morgan fingerprint density at radius 1 is 1.26 bits per heavy atom. The quantitative estimate of drug-likeness (QED) is 0.236. The second-order valence-corrected chi connectivity index (χ2v) is 7.89. The lowest BCUT2D eigenvalue weighted by atomic mass is 9.99. The van der Waals surface area contributed by atoms with Gasteiger partial charge in [0, 0.05) is 5.56 Å². The van der Waals surface area contributed by atoms with Crippen molar-refractivity contribution in [2.45, 2.75) is 13.0 Å². The van der Waals surface area contributed by atoms with E-state index in [4.69, 9.17) is 20.8 Å². The molecule has 1 unspecified atom stereocenters. The number of anilines is 1. The van der Waals surface area contributed by atoms with Gasteiger partial charge in [-0.3, -0.25) is 14.5 Å². The lowest BCUT2D eigenvalue weighted by Gasteiger charge is -2.20. The summed E-state index contributed by atoms with van der Waals surface area (Å²) >= 11 is 6.31. The molecule has 0 bridgehead atoms. The van der Waals surface area contributed by atoms with Gasteiger partial charge in [0.1, 0.15) is 29.1 Å². The molecule has 0 radical (unpaired) electrons. The molecule has 1 fully saturated rings. The smallest absolute Gasteiger partial charge is 0.302 e. The first kappa shape index (κ1) is 21.7. The van der Waals surface area contributed by atoms with E-state index in [-0.39, 0.29) is 27.9 Å². The van der Waals surface area contributed by atoms with Crippen molar-refractivity contribution in [3.8, 4) is 5.75 Å². The number of ketones is 1. The predicted molar refractivity (Wildman–Crippen MR) is 122 cm³/mol. The van der Waals surface area contributed by atoms with E-state index in [0.717, 1.165) is 4.90 Å². The van der Waals surface area contributed by atoms with Gasteiger partial charge in [-0.2, -0.15) is 0 Å². The van der Waals surface area contributed by atoms with Crippen LogP contribution in [0, 0.1) is 5.82 Å². The van der Waals surface area contributed by atoms with E-state index >= 15 is 0 Å². The molecule has 0 saturated carbocycles. The minimum absolute atomic E-state index is 0.00249. The van der Waals surface area contributed by atoms with Crippen LogP contribution in [-0.4, -0.2) is 33.4 Å². The van der Waals surface area contributed by atoms with Gasteiger partial charge in [0.25, 0.3) is 5.78 Å². The number of aromatic amines is 1. The molecule has 1 saturated heterocycles. The third-order valence-corrected chi connectivity index (χ3v) is 5.75. The van der Waals surface area contributed by atoms with Crippen LogP contribution in [0.1, 0.15) is 24.3 Å². The highest BCUT2D eigenvalue weighted by molar-refractivity contribution is 6.51. The van der Waals surface area contributed by atoms with Crippen LogP contribution in [0.3, 0.4) is 0 Å². The van der Waals surface area contributed by atoms with Gasteiger partial charge in [0.15, 0.2) is 0 Å². The summed E-state index contributed by atoms with van der Waals surface area (Å²) in [6.07, 6.45) is 1.38. The fourth-order valence-corrected chi connectivity index (χ4v) is 4.14. The van der Waals surface area contributed by atoms with Crippen molar-refractivity contribution in [2.24, 2.45) is 0 Å².